The van der Waals surface area contributed by atoms with Gasteiger partial charge < -0.3 is 36.5 Å². The molecule has 21 aromatic carbocycles. The first-order valence-electron chi connectivity index (χ1n) is 49.0. The summed E-state index contributed by atoms with van der Waals surface area (Å²) in [5, 5.41) is 20.8. The van der Waals surface area contributed by atoms with Crippen LogP contribution in [0, 0.1) is 0 Å². The van der Waals surface area contributed by atoms with E-state index in [1.54, 1.807) is 0 Å². The van der Waals surface area contributed by atoms with Gasteiger partial charge in [-0.05, 0) is 252 Å². The van der Waals surface area contributed by atoms with E-state index >= 15 is 0 Å². The van der Waals surface area contributed by atoms with Crippen molar-refractivity contribution in [2.24, 2.45) is 56.4 Å². The third-order valence-electron chi connectivity index (χ3n) is 30.7. The van der Waals surface area contributed by atoms with Crippen LogP contribution in [0.4, 0.5) is 0 Å². The lowest BCUT2D eigenvalue weighted by molar-refractivity contribution is 1.01. The van der Waals surface area contributed by atoms with E-state index in [0.29, 0.717) is 0 Å². The van der Waals surface area contributed by atoms with Gasteiger partial charge in [-0.25, -0.2) is 0 Å². The fourth-order valence-corrected chi connectivity index (χ4v) is 23.3. The van der Waals surface area contributed by atoms with Crippen LogP contribution in [0.25, 0.3) is 275 Å². The predicted molar refractivity (Wildman–Crippen MR) is 607 cm³/mol. The third-order valence-corrected chi connectivity index (χ3v) is 30.7. The molecule has 0 bridgehead atoms. The maximum atomic E-state index is 2.36. The molecular weight excluding hydrogens is 1720 g/mol. The van der Waals surface area contributed by atoms with Crippen molar-refractivity contribution in [3.8, 4) is 100 Å². The maximum Gasteiger partial charge on any atom is 0.0494 e. The molecule has 142 heavy (non-hydrogen) atoms. The molecule has 0 fully saturated rings. The number of hydrogen-bond acceptors (Lipinski definition) is 0. The Bertz CT molecular complexity index is 9740. The number of aryl methyl sites for hydroxylation is 8. The molecule has 8 nitrogen and oxygen atoms in total. The second-order valence-corrected chi connectivity index (χ2v) is 38.3. The molecule has 0 N–H and O–H groups in total. The summed E-state index contributed by atoms with van der Waals surface area (Å²) in [5.41, 5.74) is 42.6. The Kier molecular flexibility index (Phi) is 20.3. The van der Waals surface area contributed by atoms with Gasteiger partial charge in [0.1, 0.15) is 0 Å². The Morgan fingerprint density at radius 2 is 0.246 bits per heavy atom. The lowest BCUT2D eigenvalue weighted by Gasteiger charge is -2.15. The monoisotopic (exact) mass is 1820 g/mol. The zero-order chi connectivity index (χ0) is 95.2. The van der Waals surface area contributed by atoms with Crippen LogP contribution >= 0.6 is 0 Å². The number of nitrogens with zero attached hydrogens (tertiary/aromatic N) is 8. The molecule has 0 unspecified atom stereocenters. The highest BCUT2D eigenvalue weighted by Crippen LogP contribution is 2.46. The van der Waals surface area contributed by atoms with E-state index in [1.807, 2.05) is 0 Å². The molecule has 0 radical (unpaired) electrons. The van der Waals surface area contributed by atoms with E-state index < -0.39 is 0 Å². The topological polar surface area (TPSA) is 39.4 Å². The molecule has 0 saturated carbocycles. The first-order valence-corrected chi connectivity index (χ1v) is 49.0. The quantitative estimate of drug-likeness (QED) is 0.138. The van der Waals surface area contributed by atoms with Crippen molar-refractivity contribution in [3.05, 3.63) is 461 Å². The minimum atomic E-state index is 1.23. The van der Waals surface area contributed by atoms with Crippen molar-refractivity contribution in [2.75, 3.05) is 0 Å². The van der Waals surface area contributed by atoms with E-state index in [9.17, 15) is 0 Å². The van der Waals surface area contributed by atoms with Crippen LogP contribution in [0.15, 0.2) is 461 Å². The summed E-state index contributed by atoms with van der Waals surface area (Å²) in [7, 11) is 17.2. The Hall–Kier alpha value is -18.0. The molecule has 0 spiro atoms. The summed E-state index contributed by atoms with van der Waals surface area (Å²) in [6.45, 7) is 0. The van der Waals surface area contributed by atoms with Crippen molar-refractivity contribution in [2.45, 2.75) is 0 Å². The summed E-state index contributed by atoms with van der Waals surface area (Å²) in [6, 6.07) is 168. The second kappa shape index (κ2) is 34.0. The fraction of sp³-hybridized carbons (Fsp3) is 0.0597. The highest BCUT2D eigenvalue weighted by molar-refractivity contribution is 6.17. The molecular formula is C134H100N8. The molecule has 0 amide bonds. The number of para-hydroxylation sites is 8. The summed E-state index contributed by atoms with van der Waals surface area (Å²) >= 11 is 0. The van der Waals surface area contributed by atoms with Crippen molar-refractivity contribution in [3.63, 3.8) is 0 Å². The molecule has 29 rings (SSSR count). The molecule has 0 atom stereocenters. The zero-order valence-electron chi connectivity index (χ0n) is 80.5. The Balaban J connectivity index is 0.0000000972. The Morgan fingerprint density at radius 1 is 0.0915 bits per heavy atom. The van der Waals surface area contributed by atoms with Gasteiger partial charge in [0, 0.05) is 231 Å². The fourth-order valence-electron chi connectivity index (χ4n) is 23.3. The first kappa shape index (κ1) is 84.5. The van der Waals surface area contributed by atoms with Crippen molar-refractivity contribution in [1.29, 1.82) is 0 Å². The van der Waals surface area contributed by atoms with E-state index in [-0.39, 0.29) is 0 Å². The van der Waals surface area contributed by atoms with Crippen LogP contribution in [0.3, 0.4) is 0 Å². The molecule has 676 valence electrons. The van der Waals surface area contributed by atoms with E-state index in [0.717, 1.165) is 0 Å². The highest BCUT2D eigenvalue weighted by atomic mass is 15.0. The van der Waals surface area contributed by atoms with Crippen molar-refractivity contribution < 1.29 is 0 Å². The SMILES string of the molecule is Cn1c2ccccc2c2cc(-c3ccc(-c4ccc5c(c4)c4ccccc4n5C)cc3)ccc21.Cn1c2ccccc2c2cc(-c3cccc(-c4ccc5c(c4)c4ccccc4n5C)c3)ccc21.Cn1c2ccccc2c2cc(-c3cccc(-c4ccc5c6ccccc6n(C)c5c4)c3)ccc21.Cn1c2ccccc2c2cc(-c3ccccc3-c3ccccc3-c3ccc4c(c3)c3ccccc3n4C)ccc21. The predicted octanol–water partition coefficient (Wildman–Crippen LogP) is 34.9. The van der Waals surface area contributed by atoms with Crippen molar-refractivity contribution >= 4 is 174 Å². The average molecular weight is 1820 g/mol. The van der Waals surface area contributed by atoms with Gasteiger partial charge >= 0.3 is 0 Å². The van der Waals surface area contributed by atoms with Crippen LogP contribution < -0.4 is 0 Å². The lowest BCUT2D eigenvalue weighted by Crippen LogP contribution is -1.90. The summed E-state index contributed by atoms with van der Waals surface area (Å²) < 4.78 is 18.3. The molecule has 8 heterocycles. The molecule has 0 aliphatic rings. The number of hydrogen-bond donors (Lipinski definition) is 0. The van der Waals surface area contributed by atoms with Gasteiger partial charge in [-0.2, -0.15) is 0 Å². The summed E-state index contributed by atoms with van der Waals surface area (Å²) in [4.78, 5) is 0. The summed E-state index contributed by atoms with van der Waals surface area (Å²) in [6.07, 6.45) is 0. The van der Waals surface area contributed by atoms with Gasteiger partial charge in [0.05, 0.1) is 0 Å². The van der Waals surface area contributed by atoms with Gasteiger partial charge in [0.15, 0.2) is 0 Å². The van der Waals surface area contributed by atoms with Crippen LogP contribution in [0.5, 0.6) is 0 Å². The minimum Gasteiger partial charge on any atom is -0.344 e. The van der Waals surface area contributed by atoms with E-state index in [4.69, 9.17) is 0 Å². The molecule has 8 heteroatoms. The third kappa shape index (κ3) is 13.9. The van der Waals surface area contributed by atoms with E-state index in [1.165, 1.54) is 275 Å². The number of aromatic nitrogens is 8. The van der Waals surface area contributed by atoms with Crippen LogP contribution in [0.1, 0.15) is 0 Å². The van der Waals surface area contributed by atoms with Crippen molar-refractivity contribution in [1.82, 2.24) is 36.5 Å². The van der Waals surface area contributed by atoms with E-state index in [2.05, 4.69) is 554 Å². The summed E-state index contributed by atoms with van der Waals surface area (Å²) in [5.74, 6) is 0. The number of benzene rings is 21. The second-order valence-electron chi connectivity index (χ2n) is 38.3. The minimum absolute atomic E-state index is 1.23. The molecule has 8 aromatic heterocycles. The number of fused-ring (bicyclic) bond motifs is 24. The van der Waals surface area contributed by atoms with Crippen LogP contribution in [-0.2, 0) is 56.4 Å². The lowest BCUT2D eigenvalue weighted by atomic mass is 9.89. The largest absolute Gasteiger partial charge is 0.344 e. The maximum absolute atomic E-state index is 2.36. The van der Waals surface area contributed by atoms with Gasteiger partial charge in [-0.15, -0.1) is 0 Å². The van der Waals surface area contributed by atoms with Gasteiger partial charge in [-0.3, -0.25) is 0 Å². The van der Waals surface area contributed by atoms with Gasteiger partial charge in [-0.1, -0.05) is 309 Å². The van der Waals surface area contributed by atoms with Crippen LogP contribution in [-0.4, -0.2) is 36.5 Å². The normalized spacial score (nSPS) is 11.8. The molecule has 0 aliphatic heterocycles. The smallest absolute Gasteiger partial charge is 0.0494 e. The molecule has 29 aromatic rings. The number of rotatable bonds is 9. The van der Waals surface area contributed by atoms with Gasteiger partial charge in [0.25, 0.3) is 0 Å². The zero-order valence-corrected chi connectivity index (χ0v) is 80.5. The molecule has 0 saturated heterocycles. The van der Waals surface area contributed by atoms with Crippen LogP contribution in [0.2, 0.25) is 0 Å². The Morgan fingerprint density at radius 3 is 0.500 bits per heavy atom. The first-order chi connectivity index (χ1) is 69.7. The average Bonchev–Trinajstić information content (AvgIpc) is 1.55. The highest BCUT2D eigenvalue weighted by Gasteiger charge is 2.22. The van der Waals surface area contributed by atoms with Gasteiger partial charge in [0.2, 0.25) is 0 Å². The standard InChI is InChI=1S/C38H28N2.3C32H24N2/c1-39-35-17-9-7-15-31(35)33-23-25(19-21-37(33)39)27-11-3-5-13-29(27)30-14-6-4-12-28(30)26-20-22-38-34(24-26)32-16-8-10-18-36(32)40(38)2;1-33-30-13-6-4-11-26(30)28-19-23(15-17-31(28)33)21-8-7-9-22(18-21)24-14-16-27-25-10-3-5-12-29(25)34(2)32(27)20-24;1-33-29-12-5-3-10-25(29)27-19-23(14-16-31(27)33)21-8-7-9-22(18-21)24-15-17-32-28(20-24)26-11-4-6-13-30(26)34(32)2;1-33-29-9-5-3-7-25(29)27-19-23(15-17-31(27)33)21-11-13-22(14-12-21)24-16-18-32-28(20-24)26-8-4-6-10-30(26)34(32)2/h3-24H,1-2H3;3*3-20H,1-2H3. The molecule has 0 aliphatic carbocycles. The Labute approximate surface area is 822 Å².